The summed E-state index contributed by atoms with van der Waals surface area (Å²) in [5.74, 6) is 0.661. The number of methoxy groups -OCH3 is 1. The summed E-state index contributed by atoms with van der Waals surface area (Å²) in [6.45, 7) is 0.797. The molecule has 3 unspecified atom stereocenters. The number of aromatic nitrogens is 4. The van der Waals surface area contributed by atoms with E-state index in [1.165, 1.54) is 19.2 Å². The van der Waals surface area contributed by atoms with Gasteiger partial charge < -0.3 is 31.0 Å². The summed E-state index contributed by atoms with van der Waals surface area (Å²) in [6.07, 6.45) is 3.46. The Morgan fingerprint density at radius 2 is 2.21 bits per heavy atom. The van der Waals surface area contributed by atoms with Crippen LogP contribution < -0.4 is 21.3 Å². The number of halogens is 1. The van der Waals surface area contributed by atoms with Crippen LogP contribution in [0.5, 0.6) is 0 Å². The molecule has 2 aliphatic rings. The predicted molar refractivity (Wildman–Crippen MR) is 129 cm³/mol. The molecule has 0 spiro atoms. The van der Waals surface area contributed by atoms with Crippen LogP contribution in [-0.4, -0.2) is 58.7 Å². The maximum atomic E-state index is 14.5. The molecule has 1 saturated heterocycles. The molecule has 10 nitrogen and oxygen atoms in total. The summed E-state index contributed by atoms with van der Waals surface area (Å²) < 4.78 is 19.2. The molecule has 2 bridgehead atoms. The number of ether oxygens (including phenoxy) is 1. The van der Waals surface area contributed by atoms with Crippen molar-refractivity contribution in [2.45, 2.75) is 24.9 Å². The normalized spacial score (nSPS) is 21.5. The van der Waals surface area contributed by atoms with Gasteiger partial charge in [-0.1, -0.05) is 11.3 Å². The monoisotopic (exact) mass is 482 g/mol. The van der Waals surface area contributed by atoms with Gasteiger partial charge in [-0.3, -0.25) is 0 Å². The van der Waals surface area contributed by atoms with E-state index in [1.807, 2.05) is 0 Å². The molecule has 1 saturated carbocycles. The third-order valence-corrected chi connectivity index (χ3v) is 7.64. The minimum absolute atomic E-state index is 0.196. The number of aromatic amines is 1. The van der Waals surface area contributed by atoms with E-state index in [0.717, 1.165) is 52.8 Å². The van der Waals surface area contributed by atoms with E-state index in [9.17, 15) is 9.18 Å². The summed E-state index contributed by atoms with van der Waals surface area (Å²) in [6, 6.07) is 3.44. The molecule has 4 aromatic rings. The van der Waals surface area contributed by atoms with Crippen LogP contribution in [0.1, 0.15) is 22.6 Å². The van der Waals surface area contributed by atoms with Crippen molar-refractivity contribution in [3.05, 3.63) is 29.2 Å². The van der Waals surface area contributed by atoms with Gasteiger partial charge in [-0.2, -0.15) is 9.97 Å². The standard InChI is InChI=1S/C22H23FN8O2S/c1-25-14-5-10(23)4-12-16-18(28-17(12)14)29-22(27-15-7-26-20(34-15)21(32)33-2)30-19(16)31-8-9-3-11(31)6-13(9)24/h4-5,7,9,11,13,25H,3,6,8,24H2,1-2H3,(H2,27,28,29,30). The average Bonchev–Trinajstić information content (AvgIpc) is 3.60. The third-order valence-electron chi connectivity index (χ3n) is 6.74. The second kappa shape index (κ2) is 7.77. The van der Waals surface area contributed by atoms with Gasteiger partial charge in [0, 0.05) is 31.1 Å². The highest BCUT2D eigenvalue weighted by Gasteiger charge is 2.44. The number of hydrogen-bond donors (Lipinski definition) is 4. The van der Waals surface area contributed by atoms with E-state index < -0.39 is 5.97 Å². The lowest BCUT2D eigenvalue weighted by molar-refractivity contribution is 0.0600. The molecule has 2 fully saturated rings. The Kier molecular flexibility index (Phi) is 4.81. The van der Waals surface area contributed by atoms with Gasteiger partial charge in [-0.15, -0.1) is 0 Å². The molecule has 3 atom stereocenters. The molecule has 5 N–H and O–H groups in total. The topological polar surface area (TPSA) is 134 Å². The largest absolute Gasteiger partial charge is 0.464 e. The maximum Gasteiger partial charge on any atom is 0.367 e. The average molecular weight is 483 g/mol. The molecule has 0 amide bonds. The number of anilines is 4. The minimum atomic E-state index is -0.503. The van der Waals surface area contributed by atoms with Gasteiger partial charge in [-0.05, 0) is 30.9 Å². The van der Waals surface area contributed by atoms with Crippen molar-refractivity contribution in [3.63, 3.8) is 0 Å². The van der Waals surface area contributed by atoms with Crippen molar-refractivity contribution in [2.75, 3.05) is 36.2 Å². The Bertz CT molecular complexity index is 1430. The van der Waals surface area contributed by atoms with Crippen LogP contribution >= 0.6 is 11.3 Å². The van der Waals surface area contributed by atoms with Gasteiger partial charge in [0.05, 0.1) is 29.9 Å². The highest BCUT2D eigenvalue weighted by Crippen LogP contribution is 2.44. The van der Waals surface area contributed by atoms with Crippen molar-refractivity contribution in [3.8, 4) is 0 Å². The van der Waals surface area contributed by atoms with Crippen LogP contribution in [-0.2, 0) is 4.74 Å². The molecular weight excluding hydrogens is 459 g/mol. The highest BCUT2D eigenvalue weighted by atomic mass is 32.1. The summed E-state index contributed by atoms with van der Waals surface area (Å²) in [5.41, 5.74) is 8.29. The molecule has 34 heavy (non-hydrogen) atoms. The van der Waals surface area contributed by atoms with Gasteiger partial charge in [0.2, 0.25) is 11.0 Å². The van der Waals surface area contributed by atoms with E-state index in [4.69, 9.17) is 15.5 Å². The molecule has 12 heteroatoms. The lowest BCUT2D eigenvalue weighted by Gasteiger charge is -2.31. The van der Waals surface area contributed by atoms with E-state index in [0.29, 0.717) is 28.2 Å². The number of esters is 1. The van der Waals surface area contributed by atoms with Crippen LogP contribution in [0.3, 0.4) is 0 Å². The van der Waals surface area contributed by atoms with E-state index in [1.54, 1.807) is 13.2 Å². The summed E-state index contributed by atoms with van der Waals surface area (Å²) in [5, 5.41) is 8.55. The molecular formula is C22H23FN8O2S. The SMILES string of the molecule is CNc1cc(F)cc2c1[nH]c1nc(Nc3cnc(C(=O)OC)s3)nc(N3CC4CC3CC4N)c12. The number of nitrogens with zero attached hydrogens (tertiary/aromatic N) is 4. The lowest BCUT2D eigenvalue weighted by atomic mass is 10.0. The first kappa shape index (κ1) is 21.1. The number of carbonyl (C=O) groups is 1. The second-order valence-electron chi connectivity index (χ2n) is 8.69. The number of thiazole rings is 1. The first-order chi connectivity index (χ1) is 16.4. The van der Waals surface area contributed by atoms with Crippen molar-refractivity contribution < 1.29 is 13.9 Å². The fourth-order valence-electron chi connectivity index (χ4n) is 5.18. The fraction of sp³-hybridized carbons (Fsp3) is 0.364. The zero-order valence-electron chi connectivity index (χ0n) is 18.6. The number of nitrogens with one attached hydrogen (secondary N) is 3. The molecule has 6 rings (SSSR count). The number of nitrogens with two attached hydrogens (primary N) is 1. The number of H-pyrrole nitrogens is 1. The van der Waals surface area contributed by atoms with E-state index >= 15 is 0 Å². The number of rotatable bonds is 5. The number of fused-ring (bicyclic) bond motifs is 5. The lowest BCUT2D eigenvalue weighted by Crippen LogP contribution is -2.41. The molecule has 176 valence electrons. The minimum Gasteiger partial charge on any atom is -0.464 e. The van der Waals surface area contributed by atoms with Crippen molar-refractivity contribution in [1.82, 2.24) is 19.9 Å². The summed E-state index contributed by atoms with van der Waals surface area (Å²) >= 11 is 1.15. The number of benzene rings is 1. The summed E-state index contributed by atoms with van der Waals surface area (Å²) in [7, 11) is 3.07. The number of carbonyl (C=O) groups excluding carboxylic acids is 1. The third kappa shape index (κ3) is 3.24. The smallest absolute Gasteiger partial charge is 0.367 e. The Morgan fingerprint density at radius 3 is 2.91 bits per heavy atom. The Hall–Kier alpha value is -3.51. The molecule has 1 aliphatic carbocycles. The Balaban J connectivity index is 1.50. The van der Waals surface area contributed by atoms with Crippen molar-refractivity contribution in [2.24, 2.45) is 11.7 Å². The molecule has 3 aromatic heterocycles. The van der Waals surface area contributed by atoms with Crippen molar-refractivity contribution >= 4 is 61.7 Å². The molecule has 1 aromatic carbocycles. The van der Waals surface area contributed by atoms with Crippen molar-refractivity contribution in [1.29, 1.82) is 0 Å². The van der Waals surface area contributed by atoms with Crippen LogP contribution in [0.15, 0.2) is 18.3 Å². The molecule has 4 heterocycles. The zero-order chi connectivity index (χ0) is 23.6. The first-order valence-electron chi connectivity index (χ1n) is 11.0. The Labute approximate surface area is 197 Å². The Morgan fingerprint density at radius 1 is 1.35 bits per heavy atom. The van der Waals surface area contributed by atoms with E-state index in [-0.39, 0.29) is 22.9 Å². The fourth-order valence-corrected chi connectivity index (χ4v) is 5.91. The van der Waals surface area contributed by atoms with Crippen LogP contribution in [0.2, 0.25) is 0 Å². The van der Waals surface area contributed by atoms with Gasteiger partial charge in [0.15, 0.2) is 0 Å². The van der Waals surface area contributed by atoms with Crippen LogP contribution in [0, 0.1) is 11.7 Å². The zero-order valence-corrected chi connectivity index (χ0v) is 19.4. The predicted octanol–water partition coefficient (Wildman–Crippen LogP) is 3.20. The maximum absolute atomic E-state index is 14.5. The van der Waals surface area contributed by atoms with Gasteiger partial charge >= 0.3 is 5.97 Å². The molecule has 1 aliphatic heterocycles. The summed E-state index contributed by atoms with van der Waals surface area (Å²) in [4.78, 5) is 31.0. The van der Waals surface area contributed by atoms with Gasteiger partial charge in [0.25, 0.3) is 0 Å². The highest BCUT2D eigenvalue weighted by molar-refractivity contribution is 7.17. The van der Waals surface area contributed by atoms with Gasteiger partial charge in [0.1, 0.15) is 22.3 Å². The second-order valence-corrected chi connectivity index (χ2v) is 9.72. The number of hydrogen-bond acceptors (Lipinski definition) is 10. The first-order valence-corrected chi connectivity index (χ1v) is 11.8. The van der Waals surface area contributed by atoms with Crippen LogP contribution in [0.25, 0.3) is 21.9 Å². The quantitative estimate of drug-likeness (QED) is 0.316. The number of piperidine rings is 1. The molecule has 0 radical (unpaired) electrons. The van der Waals surface area contributed by atoms with Crippen LogP contribution in [0.4, 0.5) is 26.8 Å². The van der Waals surface area contributed by atoms with Gasteiger partial charge in [-0.25, -0.2) is 14.2 Å². The van der Waals surface area contributed by atoms with E-state index in [2.05, 4.69) is 30.5 Å².